The quantitative estimate of drug-likeness (QED) is 0.766. The Morgan fingerprint density at radius 1 is 1.00 bits per heavy atom. The summed E-state index contributed by atoms with van der Waals surface area (Å²) in [6.45, 7) is 3.46. The van der Waals surface area contributed by atoms with Gasteiger partial charge in [0.05, 0.1) is 4.90 Å². The maximum absolute atomic E-state index is 12.4. The minimum atomic E-state index is -3.81. The van der Waals surface area contributed by atoms with E-state index >= 15 is 0 Å². The Labute approximate surface area is 150 Å². The largest absolute Gasteiger partial charge is 0.368 e. The summed E-state index contributed by atoms with van der Waals surface area (Å²) in [5, 5.41) is 0. The normalized spacial score (nSPS) is 13.0. The second kappa shape index (κ2) is 7.46. The van der Waals surface area contributed by atoms with Gasteiger partial charge in [0.25, 0.3) is 0 Å². The summed E-state index contributed by atoms with van der Waals surface area (Å²) in [6.07, 6.45) is 0. The number of nitrogens with one attached hydrogen (secondary N) is 1. The molecular weight excluding hydrogens is 392 g/mol. The molecule has 7 heteroatoms. The number of sulfonamides is 1. The zero-order valence-corrected chi connectivity index (χ0v) is 15.8. The lowest BCUT2D eigenvalue weighted by Gasteiger charge is -2.19. The number of halogens is 1. The van der Waals surface area contributed by atoms with E-state index in [1.165, 1.54) is 12.1 Å². The minimum Gasteiger partial charge on any atom is -0.368 e. The highest BCUT2D eigenvalue weighted by atomic mass is 79.9. The first-order chi connectivity index (χ1) is 11.2. The van der Waals surface area contributed by atoms with E-state index in [4.69, 9.17) is 5.73 Å². The van der Waals surface area contributed by atoms with Gasteiger partial charge in [0.2, 0.25) is 15.9 Å². The van der Waals surface area contributed by atoms with E-state index in [2.05, 4.69) is 20.7 Å². The Balaban J connectivity index is 2.26. The first-order valence-corrected chi connectivity index (χ1v) is 9.66. The van der Waals surface area contributed by atoms with Gasteiger partial charge in [-0.25, -0.2) is 8.42 Å². The number of amides is 1. The van der Waals surface area contributed by atoms with Crippen LogP contribution in [0.5, 0.6) is 0 Å². The third-order valence-corrected chi connectivity index (χ3v) is 5.58. The van der Waals surface area contributed by atoms with Crippen molar-refractivity contribution in [2.45, 2.75) is 24.8 Å². The molecule has 5 nitrogen and oxygen atoms in total. The number of hydrogen-bond acceptors (Lipinski definition) is 3. The van der Waals surface area contributed by atoms with Gasteiger partial charge in [0.1, 0.15) is 6.04 Å². The summed E-state index contributed by atoms with van der Waals surface area (Å²) in [5.41, 5.74) is 7.14. The number of rotatable bonds is 6. The van der Waals surface area contributed by atoms with E-state index in [1.807, 2.05) is 24.3 Å². The minimum absolute atomic E-state index is 0.0928. The maximum atomic E-state index is 12.4. The Bertz CT molecular complexity index is 816. The monoisotopic (exact) mass is 410 g/mol. The van der Waals surface area contributed by atoms with Crippen LogP contribution in [0, 0.1) is 5.92 Å². The van der Waals surface area contributed by atoms with Gasteiger partial charge in [0.15, 0.2) is 0 Å². The van der Waals surface area contributed by atoms with Crippen molar-refractivity contribution < 1.29 is 13.2 Å². The highest BCUT2D eigenvalue weighted by Gasteiger charge is 2.26. The first-order valence-electron chi connectivity index (χ1n) is 7.38. The zero-order valence-electron chi connectivity index (χ0n) is 13.4. The molecule has 1 amide bonds. The van der Waals surface area contributed by atoms with Crippen molar-refractivity contribution in [3.05, 3.63) is 53.0 Å². The summed E-state index contributed by atoms with van der Waals surface area (Å²) in [5.74, 6) is -0.931. The molecule has 0 saturated heterocycles. The van der Waals surface area contributed by atoms with Crippen LogP contribution in [0.25, 0.3) is 11.1 Å². The predicted molar refractivity (Wildman–Crippen MR) is 97.7 cm³/mol. The van der Waals surface area contributed by atoms with Crippen LogP contribution in [0.4, 0.5) is 0 Å². The van der Waals surface area contributed by atoms with Crippen LogP contribution in [-0.2, 0) is 14.8 Å². The van der Waals surface area contributed by atoms with Gasteiger partial charge in [-0.2, -0.15) is 4.72 Å². The fourth-order valence-corrected chi connectivity index (χ4v) is 3.84. The Kier molecular flexibility index (Phi) is 5.79. The van der Waals surface area contributed by atoms with E-state index in [1.54, 1.807) is 26.0 Å². The highest BCUT2D eigenvalue weighted by molar-refractivity contribution is 9.10. The Hall–Kier alpha value is -1.70. The lowest BCUT2D eigenvalue weighted by molar-refractivity contribution is -0.120. The van der Waals surface area contributed by atoms with Crippen LogP contribution in [0.15, 0.2) is 57.9 Å². The number of primary amides is 1. The number of hydrogen-bond donors (Lipinski definition) is 2. The molecule has 0 heterocycles. The van der Waals surface area contributed by atoms with E-state index in [9.17, 15) is 13.2 Å². The highest BCUT2D eigenvalue weighted by Crippen LogP contribution is 2.23. The van der Waals surface area contributed by atoms with Gasteiger partial charge in [-0.3, -0.25) is 4.79 Å². The summed E-state index contributed by atoms with van der Waals surface area (Å²) < 4.78 is 28.2. The van der Waals surface area contributed by atoms with Crippen LogP contribution in [0.3, 0.4) is 0 Å². The average Bonchev–Trinajstić information content (AvgIpc) is 2.53. The average molecular weight is 411 g/mol. The molecule has 24 heavy (non-hydrogen) atoms. The molecule has 1 atom stereocenters. The van der Waals surface area contributed by atoms with Crippen LogP contribution < -0.4 is 10.5 Å². The fraction of sp³-hybridized carbons (Fsp3) is 0.235. The van der Waals surface area contributed by atoms with Crippen LogP contribution in [0.1, 0.15) is 13.8 Å². The fourth-order valence-electron chi connectivity index (χ4n) is 2.23. The molecule has 0 radical (unpaired) electrons. The van der Waals surface area contributed by atoms with E-state index in [-0.39, 0.29) is 10.8 Å². The van der Waals surface area contributed by atoms with E-state index in [0.29, 0.717) is 0 Å². The van der Waals surface area contributed by atoms with E-state index in [0.717, 1.165) is 15.6 Å². The van der Waals surface area contributed by atoms with Crippen molar-refractivity contribution in [3.63, 3.8) is 0 Å². The molecule has 0 aliphatic rings. The molecular formula is C17H19BrN2O3S. The number of carbonyl (C=O) groups is 1. The first kappa shape index (κ1) is 18.6. The molecule has 2 aromatic rings. The molecule has 0 saturated carbocycles. The lowest BCUT2D eigenvalue weighted by atomic mass is 10.1. The molecule has 0 fully saturated rings. The molecule has 2 rings (SSSR count). The van der Waals surface area contributed by atoms with Crippen molar-refractivity contribution >= 4 is 31.9 Å². The number of benzene rings is 2. The molecule has 2 aromatic carbocycles. The molecule has 0 spiro atoms. The third-order valence-electron chi connectivity index (χ3n) is 3.60. The molecule has 0 bridgehead atoms. The molecule has 3 N–H and O–H groups in total. The van der Waals surface area contributed by atoms with Gasteiger partial charge in [-0.1, -0.05) is 54.0 Å². The lowest BCUT2D eigenvalue weighted by Crippen LogP contribution is -2.47. The van der Waals surface area contributed by atoms with Gasteiger partial charge < -0.3 is 5.73 Å². The molecule has 0 aliphatic heterocycles. The van der Waals surface area contributed by atoms with Gasteiger partial charge in [0, 0.05) is 4.47 Å². The van der Waals surface area contributed by atoms with Crippen LogP contribution >= 0.6 is 15.9 Å². The van der Waals surface area contributed by atoms with Gasteiger partial charge in [-0.15, -0.1) is 0 Å². The number of carbonyl (C=O) groups excluding carboxylic acids is 1. The third kappa shape index (κ3) is 4.43. The van der Waals surface area contributed by atoms with Crippen molar-refractivity contribution in [1.29, 1.82) is 0 Å². The molecule has 0 unspecified atom stereocenters. The van der Waals surface area contributed by atoms with Gasteiger partial charge in [-0.05, 0) is 41.3 Å². The van der Waals surface area contributed by atoms with Crippen molar-refractivity contribution in [1.82, 2.24) is 4.72 Å². The summed E-state index contributed by atoms with van der Waals surface area (Å²) in [7, 11) is -3.81. The molecule has 0 aliphatic carbocycles. The molecule has 0 aromatic heterocycles. The summed E-state index contributed by atoms with van der Waals surface area (Å²) in [6, 6.07) is 13.3. The Morgan fingerprint density at radius 3 is 1.88 bits per heavy atom. The van der Waals surface area contributed by atoms with E-state index < -0.39 is 22.0 Å². The zero-order chi connectivity index (χ0) is 17.9. The van der Waals surface area contributed by atoms with Gasteiger partial charge >= 0.3 is 0 Å². The smallest absolute Gasteiger partial charge is 0.241 e. The standard InChI is InChI=1S/C17H19BrN2O3S/c1-11(2)16(17(19)21)20-24(22,23)15-9-5-13(6-10-15)12-3-7-14(18)8-4-12/h3-11,16,20H,1-2H3,(H2,19,21)/t16-/m1/s1. The SMILES string of the molecule is CC(C)[C@@H](NS(=O)(=O)c1ccc(-c2ccc(Br)cc2)cc1)C(N)=O. The van der Waals surface area contributed by atoms with Crippen molar-refractivity contribution in [3.8, 4) is 11.1 Å². The second-order valence-electron chi connectivity index (χ2n) is 5.78. The Morgan fingerprint density at radius 2 is 1.46 bits per heavy atom. The summed E-state index contributed by atoms with van der Waals surface area (Å²) in [4.78, 5) is 11.5. The maximum Gasteiger partial charge on any atom is 0.241 e. The molecule has 128 valence electrons. The van der Waals surface area contributed by atoms with Crippen molar-refractivity contribution in [2.24, 2.45) is 11.7 Å². The van der Waals surface area contributed by atoms with Crippen LogP contribution in [0.2, 0.25) is 0 Å². The van der Waals surface area contributed by atoms with Crippen molar-refractivity contribution in [2.75, 3.05) is 0 Å². The van der Waals surface area contributed by atoms with Crippen LogP contribution in [-0.4, -0.2) is 20.4 Å². The summed E-state index contributed by atoms with van der Waals surface area (Å²) >= 11 is 3.38. The predicted octanol–water partition coefficient (Wildman–Crippen LogP) is 2.90. The topological polar surface area (TPSA) is 89.3 Å². The number of nitrogens with two attached hydrogens (primary N) is 1. The second-order valence-corrected chi connectivity index (χ2v) is 8.41.